The maximum Gasteiger partial charge on any atom is 0.425 e. The predicted octanol–water partition coefficient (Wildman–Crippen LogP) is 10.7. The third-order valence-electron chi connectivity index (χ3n) is 6.58. The summed E-state index contributed by atoms with van der Waals surface area (Å²) in [7, 11) is 0. The molecule has 1 nitrogen and oxygen atoms in total. The number of nitriles is 1. The first kappa shape index (κ1) is 28.1. The van der Waals surface area contributed by atoms with Crippen LogP contribution in [0.2, 0.25) is 0 Å². The van der Waals surface area contributed by atoms with E-state index in [0.29, 0.717) is 4.88 Å². The second-order valence-electron chi connectivity index (χ2n) is 9.43. The van der Waals surface area contributed by atoms with Crippen LogP contribution in [0.25, 0.3) is 20.9 Å². The second-order valence-corrected chi connectivity index (χ2v) is 11.6. The fourth-order valence-electron chi connectivity index (χ4n) is 4.45. The van der Waals surface area contributed by atoms with Crippen LogP contribution >= 0.6 is 22.7 Å². The van der Waals surface area contributed by atoms with E-state index in [9.17, 15) is 17.6 Å². The molecule has 38 heavy (non-hydrogen) atoms. The highest BCUT2D eigenvalue weighted by molar-refractivity contribution is 7.16. The number of aryl methyl sites for hydroxylation is 2. The van der Waals surface area contributed by atoms with E-state index in [4.69, 9.17) is 5.26 Å². The normalized spacial score (nSPS) is 11.6. The van der Waals surface area contributed by atoms with Crippen LogP contribution in [-0.2, 0) is 19.0 Å². The van der Waals surface area contributed by atoms with E-state index in [0.717, 1.165) is 59.1 Å². The maximum absolute atomic E-state index is 13.6. The Balaban J connectivity index is 1.07. The summed E-state index contributed by atoms with van der Waals surface area (Å²) in [6, 6.07) is 22.1. The Bertz CT molecular complexity index is 1340. The quantitative estimate of drug-likeness (QED) is 0.126. The Morgan fingerprint density at radius 3 is 1.58 bits per heavy atom. The van der Waals surface area contributed by atoms with Gasteiger partial charge in [-0.2, -0.15) is 18.4 Å². The van der Waals surface area contributed by atoms with Gasteiger partial charge in [0.05, 0.1) is 0 Å². The second kappa shape index (κ2) is 13.2. The number of rotatable bonds is 12. The van der Waals surface area contributed by atoms with E-state index < -0.39 is 16.9 Å². The smallest absolute Gasteiger partial charge is 0.205 e. The van der Waals surface area contributed by atoms with Crippen molar-refractivity contribution in [1.29, 1.82) is 5.26 Å². The van der Waals surface area contributed by atoms with Crippen molar-refractivity contribution in [2.24, 2.45) is 0 Å². The van der Waals surface area contributed by atoms with Gasteiger partial charge in [0.25, 0.3) is 0 Å². The molecule has 0 saturated heterocycles. The van der Waals surface area contributed by atoms with Crippen LogP contribution < -0.4 is 0 Å². The van der Waals surface area contributed by atoms with Gasteiger partial charge in [0, 0.05) is 9.75 Å². The molecule has 0 bridgehead atoms. The summed E-state index contributed by atoms with van der Waals surface area (Å²) in [6.07, 6.45) is 6.04. The van der Waals surface area contributed by atoms with E-state index in [1.807, 2.05) is 42.5 Å². The van der Waals surface area contributed by atoms with Crippen LogP contribution in [0.15, 0.2) is 66.7 Å². The van der Waals surface area contributed by atoms with Crippen molar-refractivity contribution < 1.29 is 17.6 Å². The zero-order valence-electron chi connectivity index (χ0n) is 21.0. The third-order valence-corrected chi connectivity index (χ3v) is 8.82. The van der Waals surface area contributed by atoms with Gasteiger partial charge in [-0.05, 0) is 66.1 Å². The van der Waals surface area contributed by atoms with Crippen molar-refractivity contribution >= 4 is 22.7 Å². The van der Waals surface area contributed by atoms with Crippen molar-refractivity contribution in [2.75, 3.05) is 0 Å². The molecule has 0 spiro atoms. The van der Waals surface area contributed by atoms with Gasteiger partial charge in [0.15, 0.2) is 5.82 Å². The lowest BCUT2D eigenvalue weighted by atomic mass is 10.0. The first-order valence-corrected chi connectivity index (χ1v) is 14.5. The number of thiophene rings is 2. The fourth-order valence-corrected chi connectivity index (χ4v) is 6.16. The van der Waals surface area contributed by atoms with Crippen molar-refractivity contribution in [2.45, 2.75) is 64.0 Å². The topological polar surface area (TPSA) is 23.8 Å². The molecule has 0 radical (unpaired) electrons. The minimum atomic E-state index is -4.28. The highest BCUT2D eigenvalue weighted by atomic mass is 32.1. The highest BCUT2D eigenvalue weighted by Crippen LogP contribution is 2.38. The molecular weight excluding hydrogens is 526 g/mol. The molecule has 4 aromatic rings. The highest BCUT2D eigenvalue weighted by Gasteiger charge is 2.32. The molecule has 2 aromatic heterocycles. The third kappa shape index (κ3) is 7.78. The van der Waals surface area contributed by atoms with Crippen molar-refractivity contribution in [3.05, 3.63) is 93.4 Å². The molecule has 0 amide bonds. The lowest BCUT2D eigenvalue weighted by molar-refractivity contribution is -0.134. The molecule has 0 aliphatic carbocycles. The summed E-state index contributed by atoms with van der Waals surface area (Å²) in [5.74, 6) is -0.450. The van der Waals surface area contributed by atoms with E-state index in [-0.39, 0.29) is 4.88 Å². The minimum Gasteiger partial charge on any atom is -0.205 e. The van der Waals surface area contributed by atoms with Crippen LogP contribution in [0, 0.1) is 17.1 Å². The van der Waals surface area contributed by atoms with Gasteiger partial charge < -0.3 is 0 Å². The van der Waals surface area contributed by atoms with Gasteiger partial charge >= 0.3 is 6.18 Å². The Morgan fingerprint density at radius 1 is 0.632 bits per heavy atom. The molecule has 2 heterocycles. The Hall–Kier alpha value is -2.95. The number of hydrogen-bond acceptors (Lipinski definition) is 3. The van der Waals surface area contributed by atoms with Crippen LogP contribution in [-0.4, -0.2) is 0 Å². The first-order chi connectivity index (χ1) is 18.3. The summed E-state index contributed by atoms with van der Waals surface area (Å²) in [6.45, 7) is 0. The van der Waals surface area contributed by atoms with Crippen LogP contribution in [0.1, 0.15) is 65.8 Å². The number of alkyl halides is 3. The van der Waals surface area contributed by atoms with E-state index in [1.54, 1.807) is 6.07 Å². The molecule has 7 heteroatoms. The minimum absolute atomic E-state index is 0.126. The van der Waals surface area contributed by atoms with Crippen molar-refractivity contribution in [3.8, 4) is 27.0 Å². The van der Waals surface area contributed by atoms with E-state index in [1.165, 1.54) is 60.6 Å². The molecule has 0 N–H and O–H groups in total. The molecule has 0 unspecified atom stereocenters. The van der Waals surface area contributed by atoms with Gasteiger partial charge in [0.2, 0.25) is 0 Å². The summed E-state index contributed by atoms with van der Waals surface area (Å²) >= 11 is 1.97. The van der Waals surface area contributed by atoms with Crippen LogP contribution in [0.4, 0.5) is 17.6 Å². The summed E-state index contributed by atoms with van der Waals surface area (Å²) < 4.78 is 52.1. The summed E-state index contributed by atoms with van der Waals surface area (Å²) in [4.78, 5) is 0.992. The SMILES string of the molecule is N#Cc1sc(-c2ccc(CCCCCCCCCc3ccc(-c4ccc(C(F)(F)F)s4)cc3)cc2)cc1F. The predicted molar refractivity (Wildman–Crippen MR) is 149 cm³/mol. The van der Waals surface area contributed by atoms with Gasteiger partial charge in [0.1, 0.15) is 15.8 Å². The molecule has 0 saturated carbocycles. The van der Waals surface area contributed by atoms with Gasteiger partial charge in [-0.1, -0.05) is 80.6 Å². The Kier molecular flexibility index (Phi) is 9.76. The average molecular weight is 556 g/mol. The molecule has 0 fully saturated rings. The van der Waals surface area contributed by atoms with Gasteiger partial charge in [-0.15, -0.1) is 22.7 Å². The monoisotopic (exact) mass is 555 g/mol. The first-order valence-electron chi connectivity index (χ1n) is 12.9. The molecular formula is C31H29F4NS2. The lowest BCUT2D eigenvalue weighted by Gasteiger charge is -2.05. The molecule has 4 rings (SSSR count). The summed E-state index contributed by atoms with van der Waals surface area (Å²) in [5.41, 5.74) is 4.27. The summed E-state index contributed by atoms with van der Waals surface area (Å²) in [5, 5.41) is 8.93. The maximum atomic E-state index is 13.6. The van der Waals surface area contributed by atoms with Crippen LogP contribution in [0.5, 0.6) is 0 Å². The van der Waals surface area contributed by atoms with Crippen molar-refractivity contribution in [3.63, 3.8) is 0 Å². The van der Waals surface area contributed by atoms with Gasteiger partial charge in [-0.25, -0.2) is 4.39 Å². The number of hydrogen-bond donors (Lipinski definition) is 0. The number of halogens is 4. The van der Waals surface area contributed by atoms with Crippen LogP contribution in [0.3, 0.4) is 0 Å². The lowest BCUT2D eigenvalue weighted by Crippen LogP contribution is -2.00. The zero-order chi connectivity index (χ0) is 27.0. The standard InChI is InChI=1S/C31H29F4NS2/c32-26-20-28(37-29(26)21-36)25-16-12-23(13-17-25)9-7-5-3-1-2-4-6-8-22-10-14-24(15-11-22)27-18-19-30(38-27)31(33,34)35/h10-20H,1-9H2. The van der Waals surface area contributed by atoms with Crippen molar-refractivity contribution in [1.82, 2.24) is 0 Å². The van der Waals surface area contributed by atoms with Gasteiger partial charge in [-0.3, -0.25) is 0 Å². The van der Waals surface area contributed by atoms with E-state index in [2.05, 4.69) is 12.1 Å². The number of benzene rings is 2. The molecule has 2 aromatic carbocycles. The Morgan fingerprint density at radius 2 is 1.13 bits per heavy atom. The molecule has 0 atom stereocenters. The Labute approximate surface area is 229 Å². The number of unbranched alkanes of at least 4 members (excludes halogenated alkanes) is 6. The fraction of sp³-hybridized carbons (Fsp3) is 0.323. The molecule has 0 aliphatic rings. The zero-order valence-corrected chi connectivity index (χ0v) is 22.6. The average Bonchev–Trinajstić information content (AvgIpc) is 3.56. The largest absolute Gasteiger partial charge is 0.425 e. The molecule has 0 aliphatic heterocycles. The number of nitrogens with zero attached hydrogens (tertiary/aromatic N) is 1. The van der Waals surface area contributed by atoms with E-state index >= 15 is 0 Å². The molecule has 198 valence electrons.